The van der Waals surface area contributed by atoms with Crippen LogP contribution in [0.4, 0.5) is 0 Å². The molecule has 0 unspecified atom stereocenters. The summed E-state index contributed by atoms with van der Waals surface area (Å²) < 4.78 is 22.2. The molecule has 0 aliphatic rings. The van der Waals surface area contributed by atoms with Crippen LogP contribution in [0.15, 0.2) is 97.1 Å². The van der Waals surface area contributed by atoms with Crippen molar-refractivity contribution >= 4 is 5.78 Å². The van der Waals surface area contributed by atoms with Gasteiger partial charge in [0.25, 0.3) is 0 Å². The average Bonchev–Trinajstić information content (AvgIpc) is 2.97. The lowest BCUT2D eigenvalue weighted by molar-refractivity contribution is -0.116. The molecule has 0 spiro atoms. The molecular weight excluding hydrogens is 490 g/mol. The first-order chi connectivity index (χ1) is 19.0. The molecule has 0 atom stereocenters. The summed E-state index contributed by atoms with van der Waals surface area (Å²) in [5, 5.41) is 0. The molecule has 0 bridgehead atoms. The van der Waals surface area contributed by atoms with Crippen LogP contribution in [0, 0.1) is 0 Å². The lowest BCUT2D eigenvalue weighted by Crippen LogP contribution is -2.03. The van der Waals surface area contributed by atoms with Gasteiger partial charge in [0.15, 0.2) is 23.0 Å². The van der Waals surface area contributed by atoms with Crippen LogP contribution in [0.25, 0.3) is 0 Å². The molecule has 0 aliphatic carbocycles. The fraction of sp³-hybridized carbons (Fsp3) is 0.242. The Labute approximate surface area is 231 Å². The van der Waals surface area contributed by atoms with Crippen LogP contribution in [0.5, 0.6) is 23.0 Å². The summed E-state index contributed by atoms with van der Waals surface area (Å²) in [6.45, 7) is 3.23. The molecule has 0 radical (unpaired) electrons. The highest BCUT2D eigenvalue weighted by Gasteiger charge is 2.08. The van der Waals surface area contributed by atoms with E-state index in [-0.39, 0.29) is 5.78 Å². The number of hydrogen-bond acceptors (Lipinski definition) is 6. The van der Waals surface area contributed by atoms with Crippen molar-refractivity contribution in [3.8, 4) is 23.0 Å². The fourth-order valence-corrected chi connectivity index (χ4v) is 3.85. The van der Waals surface area contributed by atoms with Crippen molar-refractivity contribution in [2.75, 3.05) is 20.8 Å². The lowest BCUT2D eigenvalue weighted by atomic mass is 10.1. The SMILES string of the molecule is COc1cc(CC(C)=O)ccc1OCc1ccccc1.COc1cc(CCN)ccc1OCc1ccccc1. The standard InChI is InChI=1S/C17H18O3.C16H19NO2/c1-13(18)10-15-8-9-16(17(11-15)19-2)20-12-14-6-4-3-5-7-14;1-18-16-11-13(9-10-17)7-8-15(16)19-12-14-5-3-2-4-6-14/h3-9,11H,10,12H2,1-2H3;2-8,11H,9-10,12,17H2,1H3. The number of benzene rings is 4. The van der Waals surface area contributed by atoms with E-state index in [4.69, 9.17) is 24.7 Å². The molecular formula is C33H37NO5. The Bertz CT molecular complexity index is 1290. The van der Waals surface area contributed by atoms with E-state index in [0.717, 1.165) is 40.2 Å². The third-order valence-corrected chi connectivity index (χ3v) is 5.82. The number of rotatable bonds is 12. The predicted octanol–water partition coefficient (Wildman–Crippen LogP) is 6.18. The van der Waals surface area contributed by atoms with Gasteiger partial charge in [-0.2, -0.15) is 0 Å². The van der Waals surface area contributed by atoms with Gasteiger partial charge in [-0.05, 0) is 66.4 Å². The Morgan fingerprint density at radius 3 is 1.51 bits per heavy atom. The second kappa shape index (κ2) is 15.8. The first kappa shape index (κ1) is 29.3. The van der Waals surface area contributed by atoms with E-state index in [2.05, 4.69) is 0 Å². The van der Waals surface area contributed by atoms with E-state index < -0.39 is 0 Å². The van der Waals surface area contributed by atoms with Crippen molar-refractivity contribution < 1.29 is 23.7 Å². The molecule has 4 aromatic carbocycles. The van der Waals surface area contributed by atoms with Gasteiger partial charge in [-0.3, -0.25) is 4.79 Å². The number of nitrogens with two attached hydrogens (primary N) is 1. The Kier molecular flexibility index (Phi) is 11.9. The van der Waals surface area contributed by atoms with Crippen LogP contribution in [-0.4, -0.2) is 26.5 Å². The summed E-state index contributed by atoms with van der Waals surface area (Å²) in [7, 11) is 3.25. The Hall–Kier alpha value is -4.29. The number of ketones is 1. The van der Waals surface area contributed by atoms with E-state index in [0.29, 0.717) is 37.7 Å². The maximum Gasteiger partial charge on any atom is 0.161 e. The Balaban J connectivity index is 0.000000216. The molecule has 2 N–H and O–H groups in total. The van der Waals surface area contributed by atoms with Gasteiger partial charge in [-0.25, -0.2) is 0 Å². The highest BCUT2D eigenvalue weighted by Crippen LogP contribution is 2.30. The summed E-state index contributed by atoms with van der Waals surface area (Å²) in [6, 6.07) is 31.5. The first-order valence-electron chi connectivity index (χ1n) is 12.9. The number of hydrogen-bond donors (Lipinski definition) is 1. The van der Waals surface area contributed by atoms with Crippen molar-refractivity contribution in [1.29, 1.82) is 0 Å². The molecule has 0 saturated heterocycles. The van der Waals surface area contributed by atoms with Crippen LogP contribution >= 0.6 is 0 Å². The van der Waals surface area contributed by atoms with E-state index in [1.165, 1.54) is 0 Å². The zero-order chi connectivity index (χ0) is 27.9. The summed E-state index contributed by atoms with van der Waals surface area (Å²) in [4.78, 5) is 11.1. The molecule has 0 aromatic heterocycles. The lowest BCUT2D eigenvalue weighted by Gasteiger charge is -2.12. The molecule has 0 heterocycles. The van der Waals surface area contributed by atoms with Crippen LogP contribution in [0.3, 0.4) is 0 Å². The van der Waals surface area contributed by atoms with E-state index in [9.17, 15) is 4.79 Å². The van der Waals surface area contributed by atoms with Crippen LogP contribution in [0.2, 0.25) is 0 Å². The molecule has 6 nitrogen and oxygen atoms in total. The summed E-state index contributed by atoms with van der Waals surface area (Å²) in [6.07, 6.45) is 1.25. The second-order valence-electron chi connectivity index (χ2n) is 8.94. The molecule has 0 amide bonds. The number of carbonyl (C=O) groups is 1. The van der Waals surface area contributed by atoms with Gasteiger partial charge in [-0.15, -0.1) is 0 Å². The molecule has 0 aliphatic heterocycles. The number of ether oxygens (including phenoxy) is 4. The minimum Gasteiger partial charge on any atom is -0.493 e. The van der Waals surface area contributed by atoms with Crippen molar-refractivity contribution in [1.82, 2.24) is 0 Å². The molecule has 6 heteroatoms. The van der Waals surface area contributed by atoms with Gasteiger partial charge in [0.1, 0.15) is 19.0 Å². The van der Waals surface area contributed by atoms with E-state index >= 15 is 0 Å². The molecule has 4 rings (SSSR count). The highest BCUT2D eigenvalue weighted by molar-refractivity contribution is 5.78. The smallest absolute Gasteiger partial charge is 0.161 e. The van der Waals surface area contributed by atoms with Gasteiger partial charge >= 0.3 is 0 Å². The third-order valence-electron chi connectivity index (χ3n) is 5.82. The molecule has 204 valence electrons. The fourth-order valence-electron chi connectivity index (χ4n) is 3.85. The van der Waals surface area contributed by atoms with E-state index in [1.54, 1.807) is 21.1 Å². The van der Waals surface area contributed by atoms with Gasteiger partial charge in [0, 0.05) is 6.42 Å². The number of methoxy groups -OCH3 is 2. The largest absolute Gasteiger partial charge is 0.493 e. The van der Waals surface area contributed by atoms with Crippen molar-refractivity contribution in [3.63, 3.8) is 0 Å². The van der Waals surface area contributed by atoms with Crippen molar-refractivity contribution in [3.05, 3.63) is 119 Å². The van der Waals surface area contributed by atoms with E-state index in [1.807, 2.05) is 97.1 Å². The van der Waals surface area contributed by atoms with Crippen LogP contribution < -0.4 is 24.7 Å². The summed E-state index contributed by atoms with van der Waals surface area (Å²) in [5.41, 5.74) is 9.88. The van der Waals surface area contributed by atoms with Gasteiger partial charge < -0.3 is 24.7 Å². The average molecular weight is 528 g/mol. The predicted molar refractivity (Wildman–Crippen MR) is 155 cm³/mol. The quantitative estimate of drug-likeness (QED) is 0.237. The second-order valence-corrected chi connectivity index (χ2v) is 8.94. The van der Waals surface area contributed by atoms with Gasteiger partial charge in [-0.1, -0.05) is 72.8 Å². The van der Waals surface area contributed by atoms with Crippen LogP contribution in [0.1, 0.15) is 29.2 Å². The zero-order valence-corrected chi connectivity index (χ0v) is 22.9. The molecule has 4 aromatic rings. The Morgan fingerprint density at radius 2 is 1.08 bits per heavy atom. The Morgan fingerprint density at radius 1 is 0.615 bits per heavy atom. The number of Topliss-reactive ketones (excluding diaryl/α,β-unsaturated/α-hetero) is 1. The zero-order valence-electron chi connectivity index (χ0n) is 22.9. The third kappa shape index (κ3) is 9.83. The van der Waals surface area contributed by atoms with Crippen molar-refractivity contribution in [2.45, 2.75) is 33.0 Å². The number of carbonyl (C=O) groups excluding carboxylic acids is 1. The van der Waals surface area contributed by atoms with Crippen LogP contribution in [-0.2, 0) is 30.8 Å². The van der Waals surface area contributed by atoms with Gasteiger partial charge in [0.2, 0.25) is 0 Å². The summed E-state index contributed by atoms with van der Waals surface area (Å²) >= 11 is 0. The van der Waals surface area contributed by atoms with Gasteiger partial charge in [0.05, 0.1) is 14.2 Å². The minimum absolute atomic E-state index is 0.130. The monoisotopic (exact) mass is 527 g/mol. The molecule has 0 fully saturated rings. The summed E-state index contributed by atoms with van der Waals surface area (Å²) in [5.74, 6) is 2.97. The first-order valence-corrected chi connectivity index (χ1v) is 12.9. The maximum atomic E-state index is 11.1. The highest BCUT2D eigenvalue weighted by atomic mass is 16.5. The minimum atomic E-state index is 0.130. The molecule has 39 heavy (non-hydrogen) atoms. The normalized spacial score (nSPS) is 10.2. The molecule has 0 saturated carbocycles. The van der Waals surface area contributed by atoms with Crippen molar-refractivity contribution in [2.24, 2.45) is 5.73 Å². The topological polar surface area (TPSA) is 80.0 Å². The maximum absolute atomic E-state index is 11.1.